The highest BCUT2D eigenvalue weighted by atomic mass is 32.5. The van der Waals surface area contributed by atoms with Crippen molar-refractivity contribution < 1.29 is 46.9 Å². The van der Waals surface area contributed by atoms with E-state index in [1.54, 1.807) is 0 Å². The number of carbonyl (C=O) groups is 2. The number of halogens is 8. The number of nitrogens with one attached hydrogen (secondary N) is 2. The van der Waals surface area contributed by atoms with E-state index < -0.39 is 68.9 Å². The number of rotatable bonds is 7. The fourth-order valence-electron chi connectivity index (χ4n) is 4.47. The molecule has 0 radical (unpaired) electrons. The predicted octanol–water partition coefficient (Wildman–Crippen LogP) is 5.24. The summed E-state index contributed by atoms with van der Waals surface area (Å²) in [6.07, 6.45) is 1.73. The van der Waals surface area contributed by atoms with Gasteiger partial charge >= 0.3 is 10.2 Å². The Labute approximate surface area is 217 Å². The molecule has 39 heavy (non-hydrogen) atoms. The van der Waals surface area contributed by atoms with E-state index in [-0.39, 0.29) is 37.5 Å². The van der Waals surface area contributed by atoms with E-state index in [9.17, 15) is 42.2 Å². The van der Waals surface area contributed by atoms with Gasteiger partial charge in [0.15, 0.2) is 6.04 Å². The molecule has 2 saturated heterocycles. The maximum atomic E-state index is 14.6. The van der Waals surface area contributed by atoms with Gasteiger partial charge in [-0.05, 0) is 43.2 Å². The number of amides is 2. The molecule has 2 N–H and O–H groups in total. The Morgan fingerprint density at radius 1 is 1.08 bits per heavy atom. The first-order chi connectivity index (χ1) is 18.0. The molecule has 2 aromatic rings. The van der Waals surface area contributed by atoms with Gasteiger partial charge in [0.2, 0.25) is 5.91 Å². The first kappa shape index (κ1) is 29.0. The molecule has 0 saturated carbocycles. The van der Waals surface area contributed by atoms with Crippen LogP contribution in [-0.2, 0) is 14.3 Å². The Hall–Kier alpha value is -2.98. The Kier molecular flexibility index (Phi) is 7.13. The van der Waals surface area contributed by atoms with Crippen LogP contribution in [-0.4, -0.2) is 54.6 Å². The maximum Gasteiger partial charge on any atom is 0.310 e. The molecule has 216 valence electrons. The number of benzene rings is 1. The minimum Gasteiger partial charge on any atom is -0.381 e. The van der Waals surface area contributed by atoms with Crippen molar-refractivity contribution in [2.24, 2.45) is 0 Å². The second-order valence-electron chi connectivity index (χ2n) is 9.30. The van der Waals surface area contributed by atoms with E-state index in [1.165, 1.54) is 0 Å². The quantitative estimate of drug-likeness (QED) is 0.432. The van der Waals surface area contributed by atoms with E-state index in [0.29, 0.717) is 29.9 Å². The lowest BCUT2D eigenvalue weighted by molar-refractivity contribution is -0.132. The number of alkyl halides is 2. The third-order valence-corrected chi connectivity index (χ3v) is 7.55. The van der Waals surface area contributed by atoms with Crippen LogP contribution in [0.2, 0.25) is 0 Å². The van der Waals surface area contributed by atoms with Crippen molar-refractivity contribution in [3.63, 3.8) is 0 Å². The van der Waals surface area contributed by atoms with Crippen molar-refractivity contribution in [2.75, 3.05) is 24.7 Å². The number of nitrogens with zero attached hydrogens (tertiary/aromatic N) is 2. The van der Waals surface area contributed by atoms with Crippen LogP contribution < -0.4 is 15.5 Å². The van der Waals surface area contributed by atoms with Crippen LogP contribution >= 0.6 is 10.2 Å². The smallest absolute Gasteiger partial charge is 0.310 e. The zero-order valence-electron chi connectivity index (χ0n) is 20.1. The summed E-state index contributed by atoms with van der Waals surface area (Å²) in [5.41, 5.74) is -0.863. The van der Waals surface area contributed by atoms with Crippen LogP contribution in [0.1, 0.15) is 30.9 Å². The van der Waals surface area contributed by atoms with Gasteiger partial charge in [-0.2, -0.15) is 0 Å². The van der Waals surface area contributed by atoms with Gasteiger partial charge < -0.3 is 15.4 Å². The molecule has 0 aliphatic carbocycles. The van der Waals surface area contributed by atoms with Crippen molar-refractivity contribution in [1.29, 1.82) is 0 Å². The van der Waals surface area contributed by atoms with Gasteiger partial charge in [-0.15, -0.1) is 0 Å². The standard InChI is InChI=1S/C23H24F8N4O3S/c24-15-11-14(12-32-13-15)19(21(36)34-16-5-9-38-10-6-16)35(22(37)20-23(25,26)7-8-33-20)17-1-3-18(4-2-17)39(27,28,29,30)31/h1-4,11-13,16,19-20,33H,5-10H2,(H,34,36). The first-order valence-electron chi connectivity index (χ1n) is 11.7. The third-order valence-electron chi connectivity index (χ3n) is 6.39. The van der Waals surface area contributed by atoms with Gasteiger partial charge in [0.1, 0.15) is 16.8 Å². The molecule has 1 aromatic carbocycles. The van der Waals surface area contributed by atoms with Crippen LogP contribution in [0, 0.1) is 5.82 Å². The molecule has 2 aliphatic rings. The number of anilines is 1. The lowest BCUT2D eigenvalue weighted by Crippen LogP contribution is -2.55. The van der Waals surface area contributed by atoms with E-state index in [0.717, 1.165) is 18.5 Å². The number of aromatic nitrogens is 1. The topological polar surface area (TPSA) is 83.6 Å². The monoisotopic (exact) mass is 588 g/mol. The molecule has 2 amide bonds. The molecule has 16 heteroatoms. The lowest BCUT2D eigenvalue weighted by atomic mass is 10.0. The fourth-order valence-corrected chi connectivity index (χ4v) is 5.12. The summed E-state index contributed by atoms with van der Waals surface area (Å²) < 4.78 is 115. The molecule has 2 unspecified atom stereocenters. The van der Waals surface area contributed by atoms with Crippen LogP contribution in [0.15, 0.2) is 47.6 Å². The van der Waals surface area contributed by atoms with Crippen molar-refractivity contribution in [3.8, 4) is 0 Å². The Morgan fingerprint density at radius 3 is 2.26 bits per heavy atom. The highest BCUT2D eigenvalue weighted by Crippen LogP contribution is 3.02. The lowest BCUT2D eigenvalue weighted by Gasteiger charge is -2.41. The Balaban J connectivity index is 1.84. The van der Waals surface area contributed by atoms with Crippen molar-refractivity contribution >= 4 is 27.7 Å². The average molecular weight is 589 g/mol. The van der Waals surface area contributed by atoms with Gasteiger partial charge in [0.25, 0.3) is 11.8 Å². The minimum absolute atomic E-state index is 0.00530. The second kappa shape index (κ2) is 9.59. The summed E-state index contributed by atoms with van der Waals surface area (Å²) in [6, 6.07) is -2.83. The number of hydrogen-bond donors (Lipinski definition) is 2. The van der Waals surface area contributed by atoms with Crippen molar-refractivity contribution in [2.45, 2.75) is 48.2 Å². The van der Waals surface area contributed by atoms with Crippen LogP contribution in [0.25, 0.3) is 0 Å². The van der Waals surface area contributed by atoms with Crippen LogP contribution in [0.3, 0.4) is 0 Å². The zero-order valence-corrected chi connectivity index (χ0v) is 20.9. The SMILES string of the molecule is O=C(NC1CCOCC1)C(c1cncc(F)c1)N(C(=O)C1NCCC1(F)F)c1ccc(S(F)(F)(F)(F)F)cc1. The van der Waals surface area contributed by atoms with Gasteiger partial charge in [-0.3, -0.25) is 19.5 Å². The van der Waals surface area contributed by atoms with E-state index in [2.05, 4.69) is 15.6 Å². The van der Waals surface area contributed by atoms with Gasteiger partial charge in [0, 0.05) is 49.7 Å². The van der Waals surface area contributed by atoms with Crippen molar-refractivity contribution in [1.82, 2.24) is 15.6 Å². The summed E-state index contributed by atoms with van der Waals surface area (Å²) >= 11 is 0. The summed E-state index contributed by atoms with van der Waals surface area (Å²) in [5, 5.41) is 4.95. The number of carbonyl (C=O) groups excluding carboxylic acids is 2. The summed E-state index contributed by atoms with van der Waals surface area (Å²) in [5.74, 6) is -6.97. The summed E-state index contributed by atoms with van der Waals surface area (Å²) in [7, 11) is -10.1. The molecular weight excluding hydrogens is 564 g/mol. The summed E-state index contributed by atoms with van der Waals surface area (Å²) in [4.78, 5) is 28.9. The molecule has 7 nitrogen and oxygen atoms in total. The largest absolute Gasteiger partial charge is 0.381 e. The van der Waals surface area contributed by atoms with Gasteiger partial charge in [-0.25, -0.2) is 13.2 Å². The first-order valence-corrected chi connectivity index (χ1v) is 13.7. The van der Waals surface area contributed by atoms with E-state index in [1.807, 2.05) is 0 Å². The Morgan fingerprint density at radius 2 is 1.72 bits per heavy atom. The van der Waals surface area contributed by atoms with Crippen molar-refractivity contribution in [3.05, 3.63) is 54.1 Å². The predicted molar refractivity (Wildman–Crippen MR) is 126 cm³/mol. The molecule has 2 fully saturated rings. The summed E-state index contributed by atoms with van der Waals surface area (Å²) in [6.45, 7) is 0.280. The fraction of sp³-hybridized carbons (Fsp3) is 0.435. The zero-order chi connectivity index (χ0) is 28.7. The highest BCUT2D eigenvalue weighted by Gasteiger charge is 2.65. The normalized spacial score (nSPS) is 22.4. The average Bonchev–Trinajstić information content (AvgIpc) is 3.20. The molecule has 0 bridgehead atoms. The van der Waals surface area contributed by atoms with Crippen LogP contribution in [0.5, 0.6) is 0 Å². The van der Waals surface area contributed by atoms with Crippen LogP contribution in [0.4, 0.5) is 38.3 Å². The highest BCUT2D eigenvalue weighted by molar-refractivity contribution is 8.45. The van der Waals surface area contributed by atoms with Gasteiger partial charge in [-0.1, -0.05) is 19.4 Å². The van der Waals surface area contributed by atoms with E-state index in [4.69, 9.17) is 4.74 Å². The molecule has 1 aromatic heterocycles. The molecule has 0 spiro atoms. The number of hydrogen-bond acceptors (Lipinski definition) is 5. The molecule has 2 aliphatic heterocycles. The van der Waals surface area contributed by atoms with Gasteiger partial charge in [0.05, 0.1) is 6.20 Å². The molecule has 2 atom stereocenters. The number of ether oxygens (including phenoxy) is 1. The third kappa shape index (κ3) is 6.61. The number of pyridine rings is 1. The molecule has 4 rings (SSSR count). The minimum atomic E-state index is -10.1. The molecular formula is C23H24F8N4O3S. The van der Waals surface area contributed by atoms with E-state index >= 15 is 0 Å². The molecule has 3 heterocycles. The Bertz CT molecular complexity index is 1240. The maximum absolute atomic E-state index is 14.6. The second-order valence-corrected chi connectivity index (χ2v) is 11.7.